The quantitative estimate of drug-likeness (QED) is 0.401. The molecule has 0 aromatic carbocycles. The van der Waals surface area contributed by atoms with Crippen LogP contribution in [0.25, 0.3) is 0 Å². The van der Waals surface area contributed by atoms with Crippen LogP contribution in [-0.2, 0) is 12.3 Å². The predicted molar refractivity (Wildman–Crippen MR) is 126 cm³/mol. The zero-order chi connectivity index (χ0) is 21.6. The first-order valence-electron chi connectivity index (χ1n) is 9.97. The van der Waals surface area contributed by atoms with Crippen molar-refractivity contribution in [2.75, 3.05) is 0 Å². The van der Waals surface area contributed by atoms with E-state index in [1.807, 2.05) is 0 Å². The van der Waals surface area contributed by atoms with Gasteiger partial charge in [0.2, 0.25) is 0 Å². The number of rotatable bonds is 6. The minimum absolute atomic E-state index is 0.0589. The Kier molecular flexibility index (Phi) is 7.75. The molecule has 0 aliphatic carbocycles. The van der Waals surface area contributed by atoms with Crippen molar-refractivity contribution in [1.29, 1.82) is 0 Å². The molecule has 0 unspecified atom stereocenters. The SMILES string of the molecule is CC(C)(C)[Si](O[Si](C)(O[Si](C)(C)C)O[Si](C)(C)C)(C(C)(C)C)C(C)(C)C. The number of hydrogen-bond acceptors (Lipinski definition) is 3. The summed E-state index contributed by atoms with van der Waals surface area (Å²) in [6, 6.07) is 0. The van der Waals surface area contributed by atoms with Crippen LogP contribution >= 0.6 is 0 Å². The van der Waals surface area contributed by atoms with Crippen LogP contribution in [-0.4, -0.2) is 33.8 Å². The van der Waals surface area contributed by atoms with Gasteiger partial charge in [-0.25, -0.2) is 0 Å². The zero-order valence-electron chi connectivity index (χ0n) is 20.7. The van der Waals surface area contributed by atoms with Gasteiger partial charge in [-0.3, -0.25) is 0 Å². The van der Waals surface area contributed by atoms with Crippen molar-refractivity contribution in [3.8, 4) is 0 Å². The lowest BCUT2D eigenvalue weighted by molar-refractivity contribution is 0.227. The fourth-order valence-electron chi connectivity index (χ4n) is 5.29. The Morgan fingerprint density at radius 1 is 0.423 bits per heavy atom. The Bertz CT molecular complexity index is 419. The van der Waals surface area contributed by atoms with Crippen LogP contribution in [0.15, 0.2) is 0 Å². The molecule has 0 aromatic rings. The van der Waals surface area contributed by atoms with Crippen LogP contribution < -0.4 is 0 Å². The van der Waals surface area contributed by atoms with E-state index in [1.54, 1.807) is 0 Å². The molecule has 7 heteroatoms. The van der Waals surface area contributed by atoms with Crippen molar-refractivity contribution in [1.82, 2.24) is 0 Å². The van der Waals surface area contributed by atoms with Crippen molar-refractivity contribution in [3.05, 3.63) is 0 Å². The molecule has 0 N–H and O–H groups in total. The molecule has 0 aliphatic heterocycles. The summed E-state index contributed by atoms with van der Waals surface area (Å²) in [7, 11) is -8.81. The van der Waals surface area contributed by atoms with Crippen molar-refractivity contribution in [2.24, 2.45) is 0 Å². The van der Waals surface area contributed by atoms with Crippen molar-refractivity contribution in [3.63, 3.8) is 0 Å². The van der Waals surface area contributed by atoms with Crippen LogP contribution in [0.4, 0.5) is 0 Å². The molecular weight excluding hydrogens is 389 g/mol. The van der Waals surface area contributed by atoms with E-state index in [0.29, 0.717) is 0 Å². The largest absolute Gasteiger partial charge is 0.466 e. The number of hydrogen-bond donors (Lipinski definition) is 0. The van der Waals surface area contributed by atoms with Crippen molar-refractivity contribution >= 4 is 33.8 Å². The van der Waals surface area contributed by atoms with Crippen molar-refractivity contribution < 1.29 is 12.3 Å². The highest BCUT2D eigenvalue weighted by atomic mass is 28.5. The summed E-state index contributed by atoms with van der Waals surface area (Å²) in [6.45, 7) is 36.8. The fraction of sp³-hybridized carbons (Fsp3) is 1.00. The summed E-state index contributed by atoms with van der Waals surface area (Å²) < 4.78 is 20.9. The topological polar surface area (TPSA) is 27.7 Å². The predicted octanol–water partition coefficient (Wildman–Crippen LogP) is 7.62. The second-order valence-electron chi connectivity index (χ2n) is 12.8. The van der Waals surface area contributed by atoms with Gasteiger partial charge >= 0.3 is 8.80 Å². The summed E-state index contributed by atoms with van der Waals surface area (Å²) in [5.41, 5.74) is 0. The third kappa shape index (κ3) is 6.67. The lowest BCUT2D eigenvalue weighted by Crippen LogP contribution is -2.69. The van der Waals surface area contributed by atoms with Gasteiger partial charge in [0.25, 0.3) is 0 Å². The third-order valence-electron chi connectivity index (χ3n) is 4.49. The van der Waals surface area contributed by atoms with Gasteiger partial charge in [-0.15, -0.1) is 0 Å². The maximum atomic E-state index is 7.37. The molecule has 3 nitrogen and oxygen atoms in total. The molecule has 0 bridgehead atoms. The first kappa shape index (κ1) is 26.7. The molecule has 0 heterocycles. The normalized spacial score (nSPS) is 16.2. The second-order valence-corrected chi connectivity index (χ2v) is 31.3. The Morgan fingerprint density at radius 3 is 0.808 bits per heavy atom. The summed E-state index contributed by atoms with van der Waals surface area (Å²) >= 11 is 0. The molecule has 0 fully saturated rings. The Labute approximate surface area is 169 Å². The van der Waals surface area contributed by atoms with Gasteiger partial charge in [0.1, 0.15) is 0 Å². The Balaban J connectivity index is 6.58. The van der Waals surface area contributed by atoms with E-state index in [0.717, 1.165) is 0 Å². The molecule has 0 amide bonds. The second kappa shape index (κ2) is 7.53. The standard InChI is InChI=1S/C19H48O3Si4/c1-17(2,3)26(18(4,5)6,19(7,8)9)22-25(16,20-23(10,11)12)21-24(13,14)15/h1-16H3. The maximum Gasteiger partial charge on any atom is 0.466 e. The van der Waals surface area contributed by atoms with E-state index in [4.69, 9.17) is 12.3 Å². The van der Waals surface area contributed by atoms with Crippen LogP contribution in [0.1, 0.15) is 62.3 Å². The Hall–Kier alpha value is 0.748. The average molecular weight is 437 g/mol. The minimum Gasteiger partial charge on any atom is -0.417 e. The molecule has 0 atom stereocenters. The smallest absolute Gasteiger partial charge is 0.417 e. The fourth-order valence-corrected chi connectivity index (χ4v) is 28.5. The van der Waals surface area contributed by atoms with Crippen molar-refractivity contribution in [2.45, 2.75) is 123 Å². The van der Waals surface area contributed by atoms with Gasteiger partial charge < -0.3 is 12.3 Å². The average Bonchev–Trinajstić information content (AvgIpc) is 2.14. The van der Waals surface area contributed by atoms with Gasteiger partial charge in [-0.05, 0) is 54.4 Å². The molecular formula is C19H48O3Si4. The molecule has 0 radical (unpaired) electrons. The molecule has 0 saturated heterocycles. The summed E-state index contributed by atoms with van der Waals surface area (Å²) in [4.78, 5) is 0. The van der Waals surface area contributed by atoms with Crippen LogP contribution in [0.3, 0.4) is 0 Å². The van der Waals surface area contributed by atoms with E-state index in [9.17, 15) is 0 Å². The van der Waals surface area contributed by atoms with Gasteiger partial charge in [0.05, 0.1) is 0 Å². The highest BCUT2D eigenvalue weighted by Gasteiger charge is 2.65. The monoisotopic (exact) mass is 436 g/mol. The molecule has 0 aliphatic rings. The highest BCUT2D eigenvalue weighted by Crippen LogP contribution is 2.63. The van der Waals surface area contributed by atoms with Crippen LogP contribution in [0.5, 0.6) is 0 Å². The molecule has 26 heavy (non-hydrogen) atoms. The van der Waals surface area contributed by atoms with E-state index in [2.05, 4.69) is 108 Å². The van der Waals surface area contributed by atoms with Gasteiger partial charge in [-0.2, -0.15) is 0 Å². The third-order valence-corrected chi connectivity index (χ3v) is 21.4. The molecule has 0 saturated carbocycles. The minimum atomic E-state index is -2.80. The first-order chi connectivity index (χ1) is 10.9. The zero-order valence-corrected chi connectivity index (χ0v) is 24.7. The first-order valence-corrected chi connectivity index (χ1v) is 20.9. The van der Waals surface area contributed by atoms with Gasteiger partial charge in [-0.1, -0.05) is 62.3 Å². The summed E-state index contributed by atoms with van der Waals surface area (Å²) in [5.74, 6) is 0. The van der Waals surface area contributed by atoms with E-state index in [1.165, 1.54) is 0 Å². The van der Waals surface area contributed by atoms with Gasteiger partial charge in [0, 0.05) is 6.55 Å². The highest BCUT2D eigenvalue weighted by molar-refractivity contribution is 6.93. The van der Waals surface area contributed by atoms with E-state index in [-0.39, 0.29) is 15.1 Å². The van der Waals surface area contributed by atoms with Gasteiger partial charge in [0.15, 0.2) is 25.0 Å². The van der Waals surface area contributed by atoms with Crippen LogP contribution in [0, 0.1) is 0 Å². The van der Waals surface area contributed by atoms with Crippen LogP contribution in [0.2, 0.25) is 60.9 Å². The Morgan fingerprint density at radius 2 is 0.654 bits per heavy atom. The van der Waals surface area contributed by atoms with E-state index >= 15 is 0 Å². The summed E-state index contributed by atoms with van der Waals surface area (Å²) in [5, 5.41) is 0.177. The summed E-state index contributed by atoms with van der Waals surface area (Å²) in [6.07, 6.45) is 0. The van der Waals surface area contributed by atoms with E-state index < -0.39 is 33.8 Å². The lowest BCUT2D eigenvalue weighted by Gasteiger charge is -2.60. The lowest BCUT2D eigenvalue weighted by atomic mass is 10.2. The molecule has 0 aromatic heterocycles. The molecule has 158 valence electrons. The maximum absolute atomic E-state index is 7.37. The molecule has 0 spiro atoms. The molecule has 0 rings (SSSR count).